The Morgan fingerprint density at radius 2 is 1.87 bits per heavy atom. The third-order valence-electron chi connectivity index (χ3n) is 5.76. The number of carbonyl (C=O) groups excluding carboxylic acids is 2. The molecule has 2 heterocycles. The van der Waals surface area contributed by atoms with E-state index in [0.29, 0.717) is 45.8 Å². The second-order valence-corrected chi connectivity index (χ2v) is 9.50. The summed E-state index contributed by atoms with van der Waals surface area (Å²) in [6.45, 7) is 7.43. The average Bonchev–Trinajstić information content (AvgIpc) is 2.90. The monoisotopic (exact) mass is 539 g/mol. The molecule has 1 aliphatic heterocycles. The first-order valence-electron chi connectivity index (χ1n) is 12.5. The summed E-state index contributed by atoms with van der Waals surface area (Å²) >= 11 is 1.44. The summed E-state index contributed by atoms with van der Waals surface area (Å²) < 4.78 is 18.1. The van der Waals surface area contributed by atoms with Crippen LogP contribution in [0.25, 0.3) is 11.3 Å². The summed E-state index contributed by atoms with van der Waals surface area (Å²) in [6, 6.07) is 12.5. The number of esters is 1. The highest BCUT2D eigenvalue weighted by atomic mass is 32.2. The van der Waals surface area contributed by atoms with Crippen LogP contribution in [0, 0.1) is 0 Å². The molecule has 0 saturated carbocycles. The molecule has 0 bridgehead atoms. The van der Waals surface area contributed by atoms with Gasteiger partial charge in [-0.2, -0.15) is 0 Å². The number of H-pyrrole nitrogens is 1. The van der Waals surface area contributed by atoms with E-state index < -0.39 is 12.1 Å². The van der Waals surface area contributed by atoms with Gasteiger partial charge in [0.15, 0.2) is 18.1 Å². The number of anilines is 1. The van der Waals surface area contributed by atoms with E-state index in [4.69, 9.17) is 19.3 Å². The lowest BCUT2D eigenvalue weighted by Gasteiger charge is -2.31. The number of hydrogen-bond acceptors (Lipinski definition) is 8. The fraction of sp³-hybridized carbons (Fsp3) is 0.370. The van der Waals surface area contributed by atoms with E-state index in [0.717, 1.165) is 12.2 Å². The Balaban J connectivity index is 1.87. The quantitative estimate of drug-likeness (QED) is 0.237. The number of aromatic nitrogens is 3. The number of fused-ring (bicyclic) bond motifs is 3. The second-order valence-electron chi connectivity index (χ2n) is 8.41. The van der Waals surface area contributed by atoms with Crippen LogP contribution in [0.2, 0.25) is 0 Å². The number of thioether (sulfide) groups is 1. The molecule has 0 radical (unpaired) electrons. The minimum Gasteiger partial charge on any atom is -0.490 e. The number of nitrogens with one attached hydrogen (secondary N) is 1. The SMILES string of the molecule is CCCSc1n[n+]2c(c(=O)[nH]1)-c1ccccc1N(C(C)=O)[C@H]2c1ccc(OCC(=O)OCC)c(OCC)c1. The predicted molar refractivity (Wildman–Crippen MR) is 143 cm³/mol. The van der Waals surface area contributed by atoms with Crippen LogP contribution in [0.3, 0.4) is 0 Å². The van der Waals surface area contributed by atoms with Crippen molar-refractivity contribution in [1.29, 1.82) is 0 Å². The maximum atomic E-state index is 13.4. The fourth-order valence-corrected chi connectivity index (χ4v) is 5.00. The van der Waals surface area contributed by atoms with E-state index in [9.17, 15) is 14.4 Å². The van der Waals surface area contributed by atoms with Crippen molar-refractivity contribution in [3.63, 3.8) is 0 Å². The van der Waals surface area contributed by atoms with Gasteiger partial charge in [0.2, 0.25) is 11.1 Å². The van der Waals surface area contributed by atoms with E-state index in [1.165, 1.54) is 18.7 Å². The van der Waals surface area contributed by atoms with Crippen LogP contribution in [-0.2, 0) is 14.3 Å². The second kappa shape index (κ2) is 12.1. The maximum absolute atomic E-state index is 13.4. The van der Waals surface area contributed by atoms with Gasteiger partial charge in [0.25, 0.3) is 6.17 Å². The molecule has 3 aromatic rings. The first-order chi connectivity index (χ1) is 18.4. The number of rotatable bonds is 10. The van der Waals surface area contributed by atoms with Gasteiger partial charge in [0.1, 0.15) is 0 Å². The molecule has 1 aliphatic rings. The zero-order valence-corrected chi connectivity index (χ0v) is 22.7. The Morgan fingerprint density at radius 3 is 2.58 bits per heavy atom. The van der Waals surface area contributed by atoms with Gasteiger partial charge in [-0.25, -0.2) is 9.69 Å². The molecule has 1 amide bonds. The Hall–Kier alpha value is -3.86. The van der Waals surface area contributed by atoms with Crippen LogP contribution in [0.1, 0.15) is 45.8 Å². The number of benzene rings is 2. The summed E-state index contributed by atoms with van der Waals surface area (Å²) in [5.41, 5.74) is 1.92. The van der Waals surface area contributed by atoms with Gasteiger partial charge in [-0.3, -0.25) is 14.6 Å². The highest BCUT2D eigenvalue weighted by Crippen LogP contribution is 2.39. The minimum absolute atomic E-state index is 0.217. The first-order valence-corrected chi connectivity index (χ1v) is 13.5. The van der Waals surface area contributed by atoms with Gasteiger partial charge in [-0.1, -0.05) is 30.8 Å². The number of para-hydroxylation sites is 1. The lowest BCUT2D eigenvalue weighted by molar-refractivity contribution is -0.763. The number of nitrogens with zero attached hydrogens (tertiary/aromatic N) is 3. The van der Waals surface area contributed by atoms with Crippen LogP contribution < -0.4 is 24.6 Å². The van der Waals surface area contributed by atoms with Crippen LogP contribution in [0.5, 0.6) is 11.5 Å². The molecule has 0 spiro atoms. The summed E-state index contributed by atoms with van der Waals surface area (Å²) in [5.74, 6) is 0.824. The van der Waals surface area contributed by atoms with E-state index >= 15 is 0 Å². The Bertz CT molecular complexity index is 1390. The Morgan fingerprint density at radius 1 is 1.08 bits per heavy atom. The third-order valence-corrected chi connectivity index (χ3v) is 6.83. The highest BCUT2D eigenvalue weighted by Gasteiger charge is 2.45. The lowest BCUT2D eigenvalue weighted by atomic mass is 10.0. The number of hydrogen-bond donors (Lipinski definition) is 1. The molecule has 1 atom stereocenters. The maximum Gasteiger partial charge on any atom is 0.344 e. The smallest absolute Gasteiger partial charge is 0.344 e. The van der Waals surface area contributed by atoms with E-state index in [-0.39, 0.29) is 24.7 Å². The molecule has 2 aromatic carbocycles. The van der Waals surface area contributed by atoms with Crippen molar-refractivity contribution in [3.8, 4) is 22.8 Å². The van der Waals surface area contributed by atoms with Crippen molar-refractivity contribution in [2.24, 2.45) is 0 Å². The first kappa shape index (κ1) is 27.2. The topological polar surface area (TPSA) is 115 Å². The molecule has 4 rings (SSSR count). The Kier molecular flexibility index (Phi) is 8.67. The van der Waals surface area contributed by atoms with Crippen molar-refractivity contribution in [2.45, 2.75) is 45.4 Å². The molecular formula is C27H31N4O6S+. The molecule has 10 nitrogen and oxygen atoms in total. The highest BCUT2D eigenvalue weighted by molar-refractivity contribution is 7.99. The summed E-state index contributed by atoms with van der Waals surface area (Å²) in [7, 11) is 0. The summed E-state index contributed by atoms with van der Waals surface area (Å²) in [5, 5.41) is 5.24. The average molecular weight is 540 g/mol. The molecule has 0 unspecified atom stereocenters. The van der Waals surface area contributed by atoms with Crippen molar-refractivity contribution in [3.05, 3.63) is 58.4 Å². The minimum atomic E-state index is -0.765. The molecule has 38 heavy (non-hydrogen) atoms. The van der Waals surface area contributed by atoms with Gasteiger partial charge in [0, 0.05) is 23.3 Å². The van der Waals surface area contributed by atoms with Crippen LogP contribution in [-0.4, -0.2) is 47.5 Å². The van der Waals surface area contributed by atoms with E-state index in [1.54, 1.807) is 40.8 Å². The third kappa shape index (κ3) is 5.52. The molecule has 1 aromatic heterocycles. The van der Waals surface area contributed by atoms with Crippen LogP contribution >= 0.6 is 11.8 Å². The number of carbonyl (C=O) groups is 2. The van der Waals surface area contributed by atoms with Crippen molar-refractivity contribution < 1.29 is 28.5 Å². The van der Waals surface area contributed by atoms with E-state index in [2.05, 4.69) is 4.98 Å². The molecule has 1 N–H and O–H groups in total. The number of ether oxygens (including phenoxy) is 3. The van der Waals surface area contributed by atoms with Crippen LogP contribution in [0.4, 0.5) is 5.69 Å². The Labute approximate surface area is 224 Å². The molecule has 0 aliphatic carbocycles. The van der Waals surface area contributed by atoms with Gasteiger partial charge in [-0.15, -0.1) is 0 Å². The number of aromatic amines is 1. The van der Waals surface area contributed by atoms with Crippen molar-refractivity contribution >= 4 is 29.3 Å². The van der Waals surface area contributed by atoms with Gasteiger partial charge in [-0.05, 0) is 55.3 Å². The van der Waals surface area contributed by atoms with Crippen molar-refractivity contribution in [1.82, 2.24) is 10.1 Å². The van der Waals surface area contributed by atoms with Gasteiger partial charge in [0.05, 0.1) is 24.5 Å². The largest absolute Gasteiger partial charge is 0.490 e. The lowest BCUT2D eigenvalue weighted by Crippen LogP contribution is -2.60. The summed E-state index contributed by atoms with van der Waals surface area (Å²) in [6.07, 6.45) is 0.145. The normalized spacial score (nSPS) is 13.9. The molecule has 11 heteroatoms. The van der Waals surface area contributed by atoms with Gasteiger partial charge < -0.3 is 14.2 Å². The van der Waals surface area contributed by atoms with Crippen LogP contribution in [0.15, 0.2) is 52.4 Å². The molecule has 0 fully saturated rings. The van der Waals surface area contributed by atoms with Gasteiger partial charge >= 0.3 is 17.2 Å². The fourth-order valence-electron chi connectivity index (χ4n) is 4.29. The van der Waals surface area contributed by atoms with E-state index in [1.807, 2.05) is 32.0 Å². The zero-order valence-electron chi connectivity index (χ0n) is 21.9. The molecule has 0 saturated heterocycles. The number of amides is 1. The molecular weight excluding hydrogens is 508 g/mol. The summed E-state index contributed by atoms with van der Waals surface area (Å²) in [4.78, 5) is 42.8. The zero-order chi connectivity index (χ0) is 27.2. The molecule has 200 valence electrons. The predicted octanol–water partition coefficient (Wildman–Crippen LogP) is 3.48. The standard InChI is InChI=1S/C27H30N4O6S/c1-5-14-38-27-28-25(34)24-19-10-8-9-11-20(19)30(17(4)32)26(31(24)29-27)18-12-13-21(22(15-18)35-6-2)37-16-23(33)36-7-3/h8-13,15,26H,5-7,14,16H2,1-4H3/p+1/t26-/m1/s1. The van der Waals surface area contributed by atoms with Crippen molar-refractivity contribution in [2.75, 3.05) is 30.5 Å².